The van der Waals surface area contributed by atoms with Crippen LogP contribution in [-0.4, -0.2) is 39.2 Å². The number of morpholine rings is 1. The maximum absolute atomic E-state index is 5.82. The molecule has 0 spiro atoms. The zero-order valence-corrected chi connectivity index (χ0v) is 16.9. The number of hydrogen-bond acceptors (Lipinski definition) is 3. The van der Waals surface area contributed by atoms with Crippen molar-refractivity contribution < 1.29 is 4.74 Å². The van der Waals surface area contributed by atoms with E-state index in [2.05, 4.69) is 83.2 Å². The molecule has 2 aromatic heterocycles. The summed E-state index contributed by atoms with van der Waals surface area (Å²) in [5.41, 5.74) is 6.09. The first-order valence-electron chi connectivity index (χ1n) is 10.2. The number of nitrogens with one attached hydrogen (secondary N) is 1. The van der Waals surface area contributed by atoms with Crippen molar-refractivity contribution in [3.05, 3.63) is 77.9 Å². The summed E-state index contributed by atoms with van der Waals surface area (Å²) in [4.78, 5) is 10.7. The van der Waals surface area contributed by atoms with Crippen LogP contribution in [0.3, 0.4) is 0 Å². The second-order valence-electron chi connectivity index (χ2n) is 7.89. The molecule has 5 heteroatoms. The Morgan fingerprint density at radius 1 is 1.14 bits per heavy atom. The Hall–Kier alpha value is -2.89. The topological polar surface area (TPSA) is 46.1 Å². The number of rotatable bonds is 4. The average molecular weight is 386 g/mol. The third kappa shape index (κ3) is 3.48. The fourth-order valence-corrected chi connectivity index (χ4v) is 4.24. The van der Waals surface area contributed by atoms with Gasteiger partial charge in [-0.3, -0.25) is 4.90 Å². The summed E-state index contributed by atoms with van der Waals surface area (Å²) in [6, 6.07) is 17.3. The van der Waals surface area contributed by atoms with Crippen molar-refractivity contribution in [1.29, 1.82) is 0 Å². The Labute approximate surface area is 170 Å². The fourth-order valence-electron chi connectivity index (χ4n) is 4.24. The van der Waals surface area contributed by atoms with Gasteiger partial charge < -0.3 is 14.3 Å². The van der Waals surface area contributed by atoms with Gasteiger partial charge in [0.2, 0.25) is 0 Å². The zero-order chi connectivity index (χ0) is 19.8. The normalized spacial score (nSPS) is 17.8. The summed E-state index contributed by atoms with van der Waals surface area (Å²) in [5, 5.41) is 1.32. The number of benzene rings is 2. The number of para-hydroxylation sites is 1. The van der Waals surface area contributed by atoms with Gasteiger partial charge in [-0.2, -0.15) is 0 Å². The van der Waals surface area contributed by atoms with Crippen LogP contribution >= 0.6 is 0 Å². The minimum Gasteiger partial charge on any atom is -0.378 e. The molecule has 0 bridgehead atoms. The van der Waals surface area contributed by atoms with Crippen LogP contribution < -0.4 is 0 Å². The molecule has 1 atom stereocenters. The van der Waals surface area contributed by atoms with Crippen molar-refractivity contribution >= 4 is 10.9 Å². The largest absolute Gasteiger partial charge is 0.378 e. The zero-order valence-electron chi connectivity index (χ0n) is 16.9. The lowest BCUT2D eigenvalue weighted by molar-refractivity contribution is -0.0154. The van der Waals surface area contributed by atoms with Crippen molar-refractivity contribution in [3.8, 4) is 11.3 Å². The minimum absolute atomic E-state index is 0.127. The molecular formula is C24H26N4O. The highest BCUT2D eigenvalue weighted by atomic mass is 16.5. The van der Waals surface area contributed by atoms with Crippen molar-refractivity contribution in [3.63, 3.8) is 0 Å². The van der Waals surface area contributed by atoms with Gasteiger partial charge >= 0.3 is 0 Å². The van der Waals surface area contributed by atoms with Gasteiger partial charge in [-0.1, -0.05) is 48.0 Å². The van der Waals surface area contributed by atoms with Crippen molar-refractivity contribution in [1.82, 2.24) is 19.4 Å². The maximum atomic E-state index is 5.82. The van der Waals surface area contributed by atoms with E-state index in [-0.39, 0.29) is 6.04 Å². The van der Waals surface area contributed by atoms with Gasteiger partial charge in [0.25, 0.3) is 0 Å². The highest BCUT2D eigenvalue weighted by molar-refractivity contribution is 5.83. The van der Waals surface area contributed by atoms with Crippen LogP contribution in [0.1, 0.15) is 23.0 Å². The maximum Gasteiger partial charge on any atom is 0.126 e. The lowest BCUT2D eigenvalue weighted by Gasteiger charge is -2.34. The molecule has 0 radical (unpaired) electrons. The number of nitrogens with zero attached hydrogens (tertiary/aromatic N) is 3. The van der Waals surface area contributed by atoms with Crippen LogP contribution in [0.25, 0.3) is 22.2 Å². The Morgan fingerprint density at radius 3 is 2.83 bits per heavy atom. The molecular weight excluding hydrogens is 360 g/mol. The van der Waals surface area contributed by atoms with Gasteiger partial charge in [0, 0.05) is 37.2 Å². The van der Waals surface area contributed by atoms with E-state index in [1.54, 1.807) is 0 Å². The van der Waals surface area contributed by atoms with Gasteiger partial charge in [0.05, 0.1) is 31.1 Å². The molecule has 1 aliphatic heterocycles. The first kappa shape index (κ1) is 18.2. The third-order valence-corrected chi connectivity index (χ3v) is 5.87. The average Bonchev–Trinajstić information content (AvgIpc) is 3.35. The highest BCUT2D eigenvalue weighted by Crippen LogP contribution is 2.29. The summed E-state index contributed by atoms with van der Waals surface area (Å²) in [5.74, 6) is 0.973. The molecule has 1 saturated heterocycles. The van der Waals surface area contributed by atoms with E-state index in [0.717, 1.165) is 36.8 Å². The molecule has 0 saturated carbocycles. The lowest BCUT2D eigenvalue weighted by Crippen LogP contribution is -2.39. The molecule has 1 N–H and O–H groups in total. The van der Waals surface area contributed by atoms with Crippen LogP contribution in [0.4, 0.5) is 0 Å². The molecule has 4 aromatic rings. The first-order valence-corrected chi connectivity index (χ1v) is 10.2. The molecule has 148 valence electrons. The fraction of sp³-hybridized carbons (Fsp3) is 0.292. The van der Waals surface area contributed by atoms with E-state index < -0.39 is 0 Å². The second-order valence-corrected chi connectivity index (χ2v) is 7.89. The van der Waals surface area contributed by atoms with Crippen LogP contribution in [0.2, 0.25) is 0 Å². The van der Waals surface area contributed by atoms with Gasteiger partial charge in [-0.25, -0.2) is 4.98 Å². The van der Waals surface area contributed by atoms with Crippen LogP contribution in [0.15, 0.2) is 60.9 Å². The summed E-state index contributed by atoms with van der Waals surface area (Å²) < 4.78 is 8.03. The van der Waals surface area contributed by atoms with Gasteiger partial charge in [-0.15, -0.1) is 0 Å². The molecule has 1 fully saturated rings. The molecule has 1 unspecified atom stereocenters. The van der Waals surface area contributed by atoms with E-state index in [1.807, 2.05) is 6.20 Å². The molecule has 29 heavy (non-hydrogen) atoms. The number of ether oxygens (including phenoxy) is 1. The molecule has 2 aromatic carbocycles. The van der Waals surface area contributed by atoms with Gasteiger partial charge in [0.15, 0.2) is 0 Å². The van der Waals surface area contributed by atoms with Crippen LogP contribution in [-0.2, 0) is 18.3 Å². The number of H-pyrrole nitrogens is 1. The van der Waals surface area contributed by atoms with Crippen molar-refractivity contribution in [2.45, 2.75) is 19.5 Å². The Bertz CT molecular complexity index is 1130. The Kier molecular flexibility index (Phi) is 4.70. The smallest absolute Gasteiger partial charge is 0.126 e. The van der Waals surface area contributed by atoms with Crippen molar-refractivity contribution in [2.75, 3.05) is 19.8 Å². The molecule has 0 aliphatic carbocycles. The van der Waals surface area contributed by atoms with Gasteiger partial charge in [0.1, 0.15) is 5.82 Å². The second kappa shape index (κ2) is 7.50. The molecule has 3 heterocycles. The predicted molar refractivity (Wildman–Crippen MR) is 116 cm³/mol. The number of imidazole rings is 1. The minimum atomic E-state index is 0.127. The summed E-state index contributed by atoms with van der Waals surface area (Å²) in [6.07, 6.45) is 4.18. The van der Waals surface area contributed by atoms with Crippen LogP contribution in [0.5, 0.6) is 0 Å². The lowest BCUT2D eigenvalue weighted by atomic mass is 10.1. The van der Waals surface area contributed by atoms with E-state index in [9.17, 15) is 0 Å². The molecule has 5 rings (SSSR count). The first-order chi connectivity index (χ1) is 14.2. The van der Waals surface area contributed by atoms with E-state index in [4.69, 9.17) is 9.72 Å². The third-order valence-electron chi connectivity index (χ3n) is 5.87. The summed E-state index contributed by atoms with van der Waals surface area (Å²) >= 11 is 0. The standard InChI is InChI=1S/C24H26N4O/c1-17-7-9-18(10-8-17)21-13-25-24(26-21)23-16-29-12-11-28(23)15-19-14-27(2)22-6-4-3-5-20(19)22/h3-10,13-14,23H,11-12,15-16H2,1-2H3,(H,25,26). The van der Waals surface area contributed by atoms with E-state index in [0.29, 0.717) is 6.61 Å². The summed E-state index contributed by atoms with van der Waals surface area (Å²) in [6.45, 7) is 5.30. The number of fused-ring (bicyclic) bond motifs is 1. The molecule has 1 aliphatic rings. The SMILES string of the molecule is Cc1ccc(-c2cnc(C3COCCN3Cc3cn(C)c4ccccc34)[nH]2)cc1. The number of hydrogen-bond donors (Lipinski definition) is 1. The monoisotopic (exact) mass is 386 g/mol. The van der Waals surface area contributed by atoms with E-state index >= 15 is 0 Å². The quantitative estimate of drug-likeness (QED) is 0.564. The number of aromatic nitrogens is 3. The Morgan fingerprint density at radius 2 is 1.97 bits per heavy atom. The number of aromatic amines is 1. The molecule has 5 nitrogen and oxygen atoms in total. The number of aryl methyl sites for hydroxylation is 2. The highest BCUT2D eigenvalue weighted by Gasteiger charge is 2.28. The Balaban J connectivity index is 1.42. The van der Waals surface area contributed by atoms with E-state index in [1.165, 1.54) is 22.0 Å². The van der Waals surface area contributed by atoms with Gasteiger partial charge in [-0.05, 0) is 24.1 Å². The van der Waals surface area contributed by atoms with Crippen LogP contribution in [0, 0.1) is 6.92 Å². The van der Waals surface area contributed by atoms with Crippen molar-refractivity contribution in [2.24, 2.45) is 7.05 Å². The predicted octanol–water partition coefficient (Wildman–Crippen LogP) is 4.45. The molecule has 0 amide bonds. The summed E-state index contributed by atoms with van der Waals surface area (Å²) in [7, 11) is 2.11.